The van der Waals surface area contributed by atoms with E-state index in [1.165, 1.54) is 4.90 Å². The van der Waals surface area contributed by atoms with Crippen LogP contribution in [0.25, 0.3) is 0 Å². The highest BCUT2D eigenvalue weighted by molar-refractivity contribution is 5.84. The van der Waals surface area contributed by atoms with Gasteiger partial charge in [-0.2, -0.15) is 0 Å². The molecule has 6 nitrogen and oxygen atoms in total. The SMILES string of the molecule is C[C@@H](C(=O)N(C)C)N(Cc1ccccn1)C(=O)O. The number of pyridine rings is 1. The van der Waals surface area contributed by atoms with E-state index in [9.17, 15) is 9.59 Å². The molecule has 0 radical (unpaired) electrons. The lowest BCUT2D eigenvalue weighted by Gasteiger charge is -2.27. The third-order valence-electron chi connectivity index (χ3n) is 2.57. The van der Waals surface area contributed by atoms with Crippen LogP contribution in [0.15, 0.2) is 24.4 Å². The van der Waals surface area contributed by atoms with Crippen LogP contribution in [-0.4, -0.2) is 52.0 Å². The Morgan fingerprint density at radius 1 is 1.39 bits per heavy atom. The van der Waals surface area contributed by atoms with Gasteiger partial charge in [0.15, 0.2) is 0 Å². The number of hydrogen-bond acceptors (Lipinski definition) is 3. The highest BCUT2D eigenvalue weighted by Crippen LogP contribution is 2.08. The number of carbonyl (C=O) groups excluding carboxylic acids is 1. The number of carboxylic acid groups (broad SMARTS) is 1. The van der Waals surface area contributed by atoms with Crippen molar-refractivity contribution in [2.75, 3.05) is 14.1 Å². The van der Waals surface area contributed by atoms with Crippen molar-refractivity contribution in [2.45, 2.75) is 19.5 Å². The summed E-state index contributed by atoms with van der Waals surface area (Å²) in [5, 5.41) is 9.16. The Labute approximate surface area is 106 Å². The predicted octanol–water partition coefficient (Wildman–Crippen LogP) is 1.04. The lowest BCUT2D eigenvalue weighted by molar-refractivity contribution is -0.133. The molecule has 0 saturated heterocycles. The molecule has 0 aromatic carbocycles. The number of hydrogen-bond donors (Lipinski definition) is 1. The first-order valence-corrected chi connectivity index (χ1v) is 5.54. The summed E-state index contributed by atoms with van der Waals surface area (Å²) in [6, 6.07) is 4.52. The molecular formula is C12H17N3O3. The Kier molecular flexibility index (Phi) is 4.65. The zero-order chi connectivity index (χ0) is 13.7. The molecule has 1 heterocycles. The van der Waals surface area contributed by atoms with Crippen molar-refractivity contribution < 1.29 is 14.7 Å². The minimum atomic E-state index is -1.14. The standard InChI is InChI=1S/C12H17N3O3/c1-9(11(16)14(2)3)15(12(17)18)8-10-6-4-5-7-13-10/h4-7,9H,8H2,1-3H3,(H,17,18)/t9-/m0/s1. The highest BCUT2D eigenvalue weighted by atomic mass is 16.4. The van der Waals surface area contributed by atoms with Gasteiger partial charge in [-0.3, -0.25) is 14.7 Å². The molecule has 1 rings (SSSR count). The second-order valence-electron chi connectivity index (χ2n) is 4.14. The molecule has 0 spiro atoms. The molecule has 0 aliphatic heterocycles. The molecule has 2 amide bonds. The van der Waals surface area contributed by atoms with Gasteiger partial charge in [-0.05, 0) is 19.1 Å². The van der Waals surface area contributed by atoms with Gasteiger partial charge in [-0.1, -0.05) is 6.07 Å². The minimum absolute atomic E-state index is 0.0942. The quantitative estimate of drug-likeness (QED) is 0.867. The first-order chi connectivity index (χ1) is 8.43. The van der Waals surface area contributed by atoms with Crippen LogP contribution >= 0.6 is 0 Å². The molecule has 0 aliphatic carbocycles. The number of likely N-dealkylation sites (N-methyl/N-ethyl adjacent to an activating group) is 1. The van der Waals surface area contributed by atoms with Crippen LogP contribution in [0.5, 0.6) is 0 Å². The predicted molar refractivity (Wildman–Crippen MR) is 66.0 cm³/mol. The maximum absolute atomic E-state index is 11.8. The molecule has 0 fully saturated rings. The van der Waals surface area contributed by atoms with E-state index in [4.69, 9.17) is 5.11 Å². The Balaban J connectivity index is 2.84. The topological polar surface area (TPSA) is 73.7 Å². The highest BCUT2D eigenvalue weighted by Gasteiger charge is 2.26. The van der Waals surface area contributed by atoms with Crippen LogP contribution in [0.4, 0.5) is 4.79 Å². The van der Waals surface area contributed by atoms with Gasteiger partial charge in [0, 0.05) is 20.3 Å². The summed E-state index contributed by atoms with van der Waals surface area (Å²) in [5.41, 5.74) is 0.610. The summed E-state index contributed by atoms with van der Waals surface area (Å²) < 4.78 is 0. The molecule has 1 aromatic heterocycles. The molecule has 98 valence electrons. The molecule has 0 unspecified atom stereocenters. The minimum Gasteiger partial charge on any atom is -0.465 e. The van der Waals surface area contributed by atoms with E-state index in [0.29, 0.717) is 5.69 Å². The van der Waals surface area contributed by atoms with Crippen molar-refractivity contribution in [3.8, 4) is 0 Å². The van der Waals surface area contributed by atoms with E-state index in [2.05, 4.69) is 4.98 Å². The fourth-order valence-corrected chi connectivity index (χ4v) is 1.54. The molecule has 0 bridgehead atoms. The maximum atomic E-state index is 11.8. The van der Waals surface area contributed by atoms with E-state index in [0.717, 1.165) is 4.90 Å². The van der Waals surface area contributed by atoms with Gasteiger partial charge in [0.1, 0.15) is 6.04 Å². The van der Waals surface area contributed by atoms with Gasteiger partial charge in [0.2, 0.25) is 5.91 Å². The summed E-state index contributed by atoms with van der Waals surface area (Å²) in [6.07, 6.45) is 0.455. The molecule has 1 aromatic rings. The van der Waals surface area contributed by atoms with Crippen molar-refractivity contribution in [3.63, 3.8) is 0 Å². The number of carbonyl (C=O) groups is 2. The molecule has 0 saturated carbocycles. The molecular weight excluding hydrogens is 234 g/mol. The van der Waals surface area contributed by atoms with Gasteiger partial charge in [-0.25, -0.2) is 4.79 Å². The number of nitrogens with zero attached hydrogens (tertiary/aromatic N) is 3. The van der Waals surface area contributed by atoms with E-state index in [1.807, 2.05) is 0 Å². The van der Waals surface area contributed by atoms with Crippen molar-refractivity contribution in [3.05, 3.63) is 30.1 Å². The Hall–Kier alpha value is -2.11. The summed E-state index contributed by atoms with van der Waals surface area (Å²) in [6.45, 7) is 1.66. The Bertz CT molecular complexity index is 420. The van der Waals surface area contributed by atoms with Crippen LogP contribution in [0.3, 0.4) is 0 Å². The zero-order valence-corrected chi connectivity index (χ0v) is 10.7. The fourth-order valence-electron chi connectivity index (χ4n) is 1.54. The molecule has 1 N–H and O–H groups in total. The van der Waals surface area contributed by atoms with Crippen molar-refractivity contribution in [1.82, 2.24) is 14.8 Å². The summed E-state index contributed by atoms with van der Waals surface area (Å²) in [4.78, 5) is 29.5. The first kappa shape index (κ1) is 14.0. The van der Waals surface area contributed by atoms with E-state index in [-0.39, 0.29) is 12.5 Å². The van der Waals surface area contributed by atoms with Crippen molar-refractivity contribution >= 4 is 12.0 Å². The second kappa shape index (κ2) is 6.00. The van der Waals surface area contributed by atoms with Crippen molar-refractivity contribution in [1.29, 1.82) is 0 Å². The average molecular weight is 251 g/mol. The average Bonchev–Trinajstić information content (AvgIpc) is 2.35. The van der Waals surface area contributed by atoms with Crippen LogP contribution in [0, 0.1) is 0 Å². The summed E-state index contributed by atoms with van der Waals surface area (Å²) in [7, 11) is 3.19. The van der Waals surface area contributed by atoms with E-state index >= 15 is 0 Å². The van der Waals surface area contributed by atoms with Gasteiger partial charge in [0.05, 0.1) is 12.2 Å². The van der Waals surface area contributed by atoms with Crippen LogP contribution in [-0.2, 0) is 11.3 Å². The third kappa shape index (κ3) is 3.44. The normalized spacial score (nSPS) is 11.7. The van der Waals surface area contributed by atoms with Crippen LogP contribution in [0.1, 0.15) is 12.6 Å². The van der Waals surface area contributed by atoms with Crippen molar-refractivity contribution in [2.24, 2.45) is 0 Å². The molecule has 18 heavy (non-hydrogen) atoms. The number of rotatable bonds is 4. The largest absolute Gasteiger partial charge is 0.465 e. The molecule has 0 aliphatic rings. The maximum Gasteiger partial charge on any atom is 0.408 e. The number of aromatic nitrogens is 1. The Morgan fingerprint density at radius 2 is 2.06 bits per heavy atom. The second-order valence-corrected chi connectivity index (χ2v) is 4.14. The molecule has 6 heteroatoms. The lowest BCUT2D eigenvalue weighted by Crippen LogP contribution is -2.46. The van der Waals surface area contributed by atoms with Gasteiger partial charge < -0.3 is 10.0 Å². The van der Waals surface area contributed by atoms with Crippen LogP contribution in [0.2, 0.25) is 0 Å². The van der Waals surface area contributed by atoms with Crippen LogP contribution < -0.4 is 0 Å². The van der Waals surface area contributed by atoms with Gasteiger partial charge in [0.25, 0.3) is 0 Å². The summed E-state index contributed by atoms with van der Waals surface area (Å²) >= 11 is 0. The first-order valence-electron chi connectivity index (χ1n) is 5.54. The summed E-state index contributed by atoms with van der Waals surface area (Å²) in [5.74, 6) is -0.256. The van der Waals surface area contributed by atoms with Gasteiger partial charge in [-0.15, -0.1) is 0 Å². The van der Waals surface area contributed by atoms with Gasteiger partial charge >= 0.3 is 6.09 Å². The Morgan fingerprint density at radius 3 is 2.50 bits per heavy atom. The number of amides is 2. The lowest BCUT2D eigenvalue weighted by atomic mass is 10.2. The monoisotopic (exact) mass is 251 g/mol. The fraction of sp³-hybridized carbons (Fsp3) is 0.417. The third-order valence-corrected chi connectivity index (χ3v) is 2.57. The van der Waals surface area contributed by atoms with E-state index in [1.54, 1.807) is 45.4 Å². The van der Waals surface area contributed by atoms with E-state index < -0.39 is 12.1 Å². The smallest absolute Gasteiger partial charge is 0.408 e. The molecule has 1 atom stereocenters. The zero-order valence-electron chi connectivity index (χ0n) is 10.7.